The van der Waals surface area contributed by atoms with Gasteiger partial charge in [-0.1, -0.05) is 30.3 Å². The van der Waals surface area contributed by atoms with Crippen LogP contribution in [0.4, 0.5) is 32.0 Å². The Bertz CT molecular complexity index is 1360. The second kappa shape index (κ2) is 11.5. The molecule has 4 rings (SSSR count). The Balaban J connectivity index is 1.90. The molecule has 9 nitrogen and oxygen atoms in total. The standard InChI is InChI=1S/C26H26F6N4O5/c1-14-7-6-10-17(40-15(2)37)12-24(26(30,31)32,38-13-16-8-4-3-5-9-16)23-36-35-22(41-23)20-19(33)11-18(25(27,28)29)21(34-20)39-14/h3-5,8-9,11,14,17H,6-7,10,12-13,33H2,1-2H3/t14-,17?,24-/m1/s1. The average Bonchev–Trinajstić information content (AvgIpc) is 3.36. The maximum Gasteiger partial charge on any atom is 0.426 e. The van der Waals surface area contributed by atoms with Crippen LogP contribution in [0, 0.1) is 0 Å². The fourth-order valence-corrected chi connectivity index (χ4v) is 4.41. The Morgan fingerprint density at radius 2 is 1.83 bits per heavy atom. The van der Waals surface area contributed by atoms with Crippen LogP contribution in [0.25, 0.3) is 11.6 Å². The number of nitrogens with zero attached hydrogens (tertiary/aromatic N) is 3. The first-order chi connectivity index (χ1) is 19.2. The van der Waals surface area contributed by atoms with Crippen molar-refractivity contribution in [3.63, 3.8) is 0 Å². The van der Waals surface area contributed by atoms with Crippen LogP contribution in [0.1, 0.15) is 56.5 Å². The number of carbonyl (C=O) groups excluding carboxylic acids is 1. The van der Waals surface area contributed by atoms with Crippen LogP contribution in [0.2, 0.25) is 0 Å². The van der Waals surface area contributed by atoms with E-state index in [9.17, 15) is 18.0 Å². The Morgan fingerprint density at radius 3 is 2.46 bits per heavy atom. The van der Waals surface area contributed by atoms with Crippen molar-refractivity contribution >= 4 is 11.7 Å². The van der Waals surface area contributed by atoms with Crippen molar-refractivity contribution in [2.45, 2.75) is 76.3 Å². The van der Waals surface area contributed by atoms with Gasteiger partial charge in [0.2, 0.25) is 11.5 Å². The summed E-state index contributed by atoms with van der Waals surface area (Å²) >= 11 is 0. The van der Waals surface area contributed by atoms with Gasteiger partial charge >= 0.3 is 18.3 Å². The lowest BCUT2D eigenvalue weighted by Gasteiger charge is -2.35. The topological polar surface area (TPSA) is 123 Å². The van der Waals surface area contributed by atoms with Gasteiger partial charge in [0.15, 0.2) is 5.69 Å². The van der Waals surface area contributed by atoms with Crippen molar-refractivity contribution in [1.82, 2.24) is 15.2 Å². The molecule has 1 unspecified atom stereocenters. The number of alkyl halides is 6. The number of nitrogen functional groups attached to an aromatic ring is 1. The molecule has 4 bridgehead atoms. The third-order valence-electron chi connectivity index (χ3n) is 6.38. The Labute approximate surface area is 230 Å². The molecule has 3 atom stereocenters. The number of carbonyl (C=O) groups is 1. The molecular formula is C26H26F6N4O5. The van der Waals surface area contributed by atoms with Gasteiger partial charge < -0.3 is 24.4 Å². The number of esters is 1. The normalized spacial score (nSPS) is 22.0. The van der Waals surface area contributed by atoms with E-state index in [4.69, 9.17) is 24.4 Å². The molecule has 0 saturated carbocycles. The van der Waals surface area contributed by atoms with Crippen LogP contribution < -0.4 is 10.5 Å². The van der Waals surface area contributed by atoms with Crippen molar-refractivity contribution in [3.05, 3.63) is 53.4 Å². The second-order valence-corrected chi connectivity index (χ2v) is 9.58. The number of anilines is 1. The summed E-state index contributed by atoms with van der Waals surface area (Å²) in [6.07, 6.45) is -13.1. The number of nitrogens with two attached hydrogens (primary N) is 1. The monoisotopic (exact) mass is 588 g/mol. The van der Waals surface area contributed by atoms with Crippen LogP contribution in [-0.2, 0) is 32.7 Å². The van der Waals surface area contributed by atoms with Gasteiger partial charge in [-0.05, 0) is 37.8 Å². The Kier molecular flexibility index (Phi) is 8.47. The van der Waals surface area contributed by atoms with E-state index >= 15 is 13.2 Å². The quantitative estimate of drug-likeness (QED) is 0.290. The molecule has 222 valence electrons. The zero-order chi connectivity index (χ0) is 30.0. The summed E-state index contributed by atoms with van der Waals surface area (Å²) in [6, 6.07) is 8.53. The Morgan fingerprint density at radius 1 is 1.12 bits per heavy atom. The van der Waals surface area contributed by atoms with Gasteiger partial charge in [-0.2, -0.15) is 26.3 Å². The van der Waals surface area contributed by atoms with Gasteiger partial charge in [0, 0.05) is 13.3 Å². The van der Waals surface area contributed by atoms with E-state index < -0.39 is 83.8 Å². The number of fused-ring (bicyclic) bond motifs is 5. The lowest BCUT2D eigenvalue weighted by Crippen LogP contribution is -2.48. The highest BCUT2D eigenvalue weighted by Crippen LogP contribution is 2.48. The highest BCUT2D eigenvalue weighted by Gasteiger charge is 2.62. The Hall–Kier alpha value is -3.88. The van der Waals surface area contributed by atoms with Crippen LogP contribution in [0.5, 0.6) is 5.88 Å². The molecule has 0 amide bonds. The minimum Gasteiger partial charge on any atom is -0.474 e. The van der Waals surface area contributed by atoms with Crippen molar-refractivity contribution in [2.24, 2.45) is 0 Å². The number of halogens is 6. The summed E-state index contributed by atoms with van der Waals surface area (Å²) in [5, 5.41) is 7.19. The summed E-state index contributed by atoms with van der Waals surface area (Å²) < 4.78 is 108. The molecule has 0 radical (unpaired) electrons. The number of hydrogen-bond donors (Lipinski definition) is 1. The first-order valence-corrected chi connectivity index (χ1v) is 12.5. The molecule has 41 heavy (non-hydrogen) atoms. The first kappa shape index (κ1) is 30.1. The zero-order valence-corrected chi connectivity index (χ0v) is 21.9. The van der Waals surface area contributed by atoms with Gasteiger partial charge in [-0.15, -0.1) is 10.2 Å². The van der Waals surface area contributed by atoms with E-state index in [-0.39, 0.29) is 19.3 Å². The minimum absolute atomic E-state index is 0.0960. The molecule has 1 aliphatic rings. The van der Waals surface area contributed by atoms with Gasteiger partial charge in [0.1, 0.15) is 11.7 Å². The highest BCUT2D eigenvalue weighted by molar-refractivity contribution is 5.68. The molecule has 3 heterocycles. The summed E-state index contributed by atoms with van der Waals surface area (Å²) in [5.74, 6) is -3.46. The third-order valence-corrected chi connectivity index (χ3v) is 6.38. The minimum atomic E-state index is -5.18. The molecule has 3 aromatic rings. The maximum atomic E-state index is 15.0. The summed E-state index contributed by atoms with van der Waals surface area (Å²) in [6.45, 7) is 1.97. The van der Waals surface area contributed by atoms with Crippen LogP contribution >= 0.6 is 0 Å². The molecule has 15 heteroatoms. The van der Waals surface area contributed by atoms with Crippen LogP contribution in [0.15, 0.2) is 40.8 Å². The van der Waals surface area contributed by atoms with E-state index in [1.807, 2.05) is 0 Å². The van der Waals surface area contributed by atoms with E-state index in [2.05, 4.69) is 15.2 Å². The second-order valence-electron chi connectivity index (χ2n) is 9.58. The molecular weight excluding hydrogens is 562 g/mol. The van der Waals surface area contributed by atoms with Gasteiger partial charge in [0.05, 0.1) is 18.4 Å². The molecule has 0 spiro atoms. The smallest absolute Gasteiger partial charge is 0.426 e. The van der Waals surface area contributed by atoms with Crippen molar-refractivity contribution in [3.8, 4) is 17.5 Å². The molecule has 0 fully saturated rings. The van der Waals surface area contributed by atoms with Gasteiger partial charge in [-0.25, -0.2) is 4.98 Å². The third kappa shape index (κ3) is 6.72. The molecule has 0 aliphatic carbocycles. The van der Waals surface area contributed by atoms with E-state index in [1.165, 1.54) is 6.92 Å². The number of rotatable bonds is 4. The first-order valence-electron chi connectivity index (χ1n) is 12.5. The number of benzene rings is 1. The maximum absolute atomic E-state index is 15.0. The summed E-state index contributed by atoms with van der Waals surface area (Å²) in [4.78, 5) is 15.7. The molecule has 1 aromatic carbocycles. The van der Waals surface area contributed by atoms with E-state index in [0.717, 1.165) is 6.92 Å². The predicted octanol–water partition coefficient (Wildman–Crippen LogP) is 5.98. The SMILES string of the molecule is CC(=O)OC1CCC[C@@H](C)Oc2nc(c(N)cc2C(F)(F)F)-c2nnc(o2)[C@@](OCc2ccccc2)(C(F)(F)F)C1. The van der Waals surface area contributed by atoms with Crippen LogP contribution in [-0.4, -0.2) is 39.5 Å². The lowest BCUT2D eigenvalue weighted by molar-refractivity contribution is -0.305. The number of hydrogen-bond acceptors (Lipinski definition) is 9. The summed E-state index contributed by atoms with van der Waals surface area (Å²) in [5.41, 5.74) is 0.552. The van der Waals surface area contributed by atoms with Gasteiger partial charge in [-0.3, -0.25) is 4.79 Å². The molecule has 0 saturated heterocycles. The lowest BCUT2D eigenvalue weighted by atomic mass is 9.91. The zero-order valence-electron chi connectivity index (χ0n) is 21.9. The molecule has 2 N–H and O–H groups in total. The molecule has 2 aromatic heterocycles. The van der Waals surface area contributed by atoms with Gasteiger partial charge in [0.25, 0.3) is 11.8 Å². The largest absolute Gasteiger partial charge is 0.474 e. The van der Waals surface area contributed by atoms with Crippen molar-refractivity contribution in [2.75, 3.05) is 5.73 Å². The number of ether oxygens (including phenoxy) is 3. The predicted molar refractivity (Wildman–Crippen MR) is 130 cm³/mol. The number of pyridine rings is 1. The summed E-state index contributed by atoms with van der Waals surface area (Å²) in [7, 11) is 0. The fourth-order valence-electron chi connectivity index (χ4n) is 4.41. The fraction of sp³-hybridized carbons (Fsp3) is 0.462. The molecule has 1 aliphatic heterocycles. The van der Waals surface area contributed by atoms with Crippen molar-refractivity contribution in [1.29, 1.82) is 0 Å². The highest BCUT2D eigenvalue weighted by atomic mass is 19.4. The van der Waals surface area contributed by atoms with Crippen LogP contribution in [0.3, 0.4) is 0 Å². The van der Waals surface area contributed by atoms with E-state index in [1.54, 1.807) is 30.3 Å². The van der Waals surface area contributed by atoms with Crippen molar-refractivity contribution < 1.29 is 49.8 Å². The average molecular weight is 589 g/mol. The number of aromatic nitrogens is 3. The van der Waals surface area contributed by atoms with E-state index in [0.29, 0.717) is 11.6 Å².